The van der Waals surface area contributed by atoms with Gasteiger partial charge >= 0.3 is 0 Å². The molecular formula is C27H23Cl3O6. The molecule has 0 spiro atoms. The highest BCUT2D eigenvalue weighted by Gasteiger charge is 2.51. The van der Waals surface area contributed by atoms with Crippen LogP contribution in [0.25, 0.3) is 0 Å². The summed E-state index contributed by atoms with van der Waals surface area (Å²) in [7, 11) is 0. The van der Waals surface area contributed by atoms with Crippen LogP contribution in [0.2, 0.25) is 15.1 Å². The van der Waals surface area contributed by atoms with Crippen molar-refractivity contribution in [3.8, 4) is 0 Å². The summed E-state index contributed by atoms with van der Waals surface area (Å²) in [5.74, 6) is 0. The molecule has 0 amide bonds. The molecule has 6 rings (SSSR count). The maximum atomic E-state index is 6.49. The van der Waals surface area contributed by atoms with Crippen LogP contribution in [0.3, 0.4) is 0 Å². The standard InChI is InChI=1S/C27H23Cl3O6/c28-18-10-4-1-7-15(18)25-31-13-21-23(35-25)24-22(34-27(33-21)17-9-3-6-12-20(17)30)14-32-26(36-24)16-8-2-5-11-19(16)29/h1-12,21-27H,13-14H2/t21-,22+,23-,24-,25?,26?,27?/m1/s1. The molecule has 0 saturated carbocycles. The van der Waals surface area contributed by atoms with Crippen molar-refractivity contribution in [3.05, 3.63) is 105 Å². The minimum absolute atomic E-state index is 0.245. The molecular weight excluding hydrogens is 527 g/mol. The van der Waals surface area contributed by atoms with E-state index in [-0.39, 0.29) is 13.2 Å². The zero-order valence-electron chi connectivity index (χ0n) is 19.0. The van der Waals surface area contributed by atoms with Crippen molar-refractivity contribution in [3.63, 3.8) is 0 Å². The minimum Gasteiger partial charge on any atom is -0.346 e. The molecule has 0 aliphatic carbocycles. The molecule has 9 heteroatoms. The van der Waals surface area contributed by atoms with Crippen LogP contribution in [0.1, 0.15) is 35.6 Å². The fourth-order valence-corrected chi connectivity index (χ4v) is 5.40. The topological polar surface area (TPSA) is 55.4 Å². The molecule has 188 valence electrons. The molecule has 0 aromatic heterocycles. The van der Waals surface area contributed by atoms with E-state index in [0.717, 1.165) is 11.1 Å². The Hall–Kier alpha value is -1.71. The van der Waals surface area contributed by atoms with Gasteiger partial charge in [0.25, 0.3) is 0 Å². The molecule has 3 heterocycles. The van der Waals surface area contributed by atoms with Crippen LogP contribution in [0, 0.1) is 0 Å². The quantitative estimate of drug-likeness (QED) is 0.364. The fourth-order valence-electron chi connectivity index (χ4n) is 4.73. The smallest absolute Gasteiger partial charge is 0.186 e. The molecule has 6 nitrogen and oxygen atoms in total. The first-order chi connectivity index (χ1) is 17.6. The first-order valence-corrected chi connectivity index (χ1v) is 12.8. The average Bonchev–Trinajstić information content (AvgIpc) is 3.05. The highest BCUT2D eigenvalue weighted by Crippen LogP contribution is 2.43. The van der Waals surface area contributed by atoms with Gasteiger partial charge in [-0.15, -0.1) is 0 Å². The Morgan fingerprint density at radius 1 is 0.472 bits per heavy atom. The van der Waals surface area contributed by atoms with Crippen LogP contribution in [0.5, 0.6) is 0 Å². The zero-order chi connectivity index (χ0) is 24.6. The Morgan fingerprint density at radius 2 is 0.833 bits per heavy atom. The van der Waals surface area contributed by atoms with Gasteiger partial charge in [-0.2, -0.15) is 0 Å². The lowest BCUT2D eigenvalue weighted by Crippen LogP contribution is -2.55. The zero-order valence-corrected chi connectivity index (χ0v) is 21.2. The van der Waals surface area contributed by atoms with Crippen LogP contribution in [-0.4, -0.2) is 37.6 Å². The van der Waals surface area contributed by atoms with E-state index in [1.54, 1.807) is 18.2 Å². The Kier molecular flexibility index (Phi) is 7.23. The third kappa shape index (κ3) is 4.78. The van der Waals surface area contributed by atoms with Crippen LogP contribution in [-0.2, 0) is 28.4 Å². The molecule has 0 N–H and O–H groups in total. The molecule has 7 atom stereocenters. The van der Waals surface area contributed by atoms with E-state index in [1.165, 1.54) is 0 Å². The summed E-state index contributed by atoms with van der Waals surface area (Å²) in [5, 5.41) is 1.65. The second kappa shape index (κ2) is 10.6. The van der Waals surface area contributed by atoms with Crippen molar-refractivity contribution in [1.82, 2.24) is 0 Å². The fraction of sp³-hybridized carbons (Fsp3) is 0.333. The number of rotatable bonds is 3. The molecule has 3 aromatic rings. The minimum atomic E-state index is -0.755. The summed E-state index contributed by atoms with van der Waals surface area (Å²) in [4.78, 5) is 0. The SMILES string of the molecule is Clc1ccccc1C1OC[C@@H]2OC(c3ccccc3Cl)O[C@@H]3COC(c4ccccc4Cl)O[C@H]3[C@@H]2O1. The lowest BCUT2D eigenvalue weighted by atomic mass is 10.0. The molecule has 36 heavy (non-hydrogen) atoms. The molecule has 3 unspecified atom stereocenters. The van der Waals surface area contributed by atoms with Gasteiger partial charge in [-0.25, -0.2) is 0 Å². The van der Waals surface area contributed by atoms with E-state index in [4.69, 9.17) is 63.2 Å². The largest absolute Gasteiger partial charge is 0.346 e. The van der Waals surface area contributed by atoms with E-state index >= 15 is 0 Å². The molecule has 3 aliphatic heterocycles. The molecule has 3 aliphatic rings. The number of hydrogen-bond acceptors (Lipinski definition) is 6. The van der Waals surface area contributed by atoms with Gasteiger partial charge in [0, 0.05) is 31.8 Å². The van der Waals surface area contributed by atoms with E-state index in [2.05, 4.69) is 0 Å². The van der Waals surface area contributed by atoms with Gasteiger partial charge in [0.15, 0.2) is 18.9 Å². The average molecular weight is 550 g/mol. The van der Waals surface area contributed by atoms with Crippen LogP contribution < -0.4 is 0 Å². The van der Waals surface area contributed by atoms with Crippen LogP contribution in [0.4, 0.5) is 0 Å². The predicted octanol–water partition coefficient (Wildman–Crippen LogP) is 6.66. The third-order valence-electron chi connectivity index (χ3n) is 6.52. The normalized spacial score (nSPS) is 32.2. The van der Waals surface area contributed by atoms with Gasteiger partial charge in [-0.05, 0) is 18.2 Å². The summed E-state index contributed by atoms with van der Waals surface area (Å²) >= 11 is 19.4. The van der Waals surface area contributed by atoms with E-state index in [0.29, 0.717) is 20.6 Å². The maximum absolute atomic E-state index is 6.49. The van der Waals surface area contributed by atoms with Crippen molar-refractivity contribution >= 4 is 34.8 Å². The van der Waals surface area contributed by atoms with E-state index in [1.807, 2.05) is 54.6 Å². The van der Waals surface area contributed by atoms with Gasteiger partial charge in [0.1, 0.15) is 24.4 Å². The van der Waals surface area contributed by atoms with Crippen molar-refractivity contribution in [1.29, 1.82) is 0 Å². The molecule has 0 bridgehead atoms. The third-order valence-corrected chi connectivity index (χ3v) is 7.55. The predicted molar refractivity (Wildman–Crippen MR) is 134 cm³/mol. The van der Waals surface area contributed by atoms with E-state index in [9.17, 15) is 0 Å². The molecule has 3 fully saturated rings. The van der Waals surface area contributed by atoms with Crippen molar-refractivity contribution in [2.45, 2.75) is 43.3 Å². The van der Waals surface area contributed by atoms with Crippen molar-refractivity contribution in [2.75, 3.05) is 13.2 Å². The Balaban J connectivity index is 1.34. The summed E-state index contributed by atoms with van der Waals surface area (Å²) in [6, 6.07) is 22.3. The highest BCUT2D eigenvalue weighted by atomic mass is 35.5. The lowest BCUT2D eigenvalue weighted by molar-refractivity contribution is -0.319. The number of ether oxygens (including phenoxy) is 6. The maximum Gasteiger partial charge on any atom is 0.186 e. The first kappa shape index (κ1) is 24.6. The Morgan fingerprint density at radius 3 is 1.22 bits per heavy atom. The van der Waals surface area contributed by atoms with Gasteiger partial charge in [0.05, 0.1) is 13.2 Å². The number of hydrogen-bond donors (Lipinski definition) is 0. The molecule has 3 aromatic carbocycles. The molecule has 0 radical (unpaired) electrons. The van der Waals surface area contributed by atoms with Crippen LogP contribution in [0.15, 0.2) is 72.8 Å². The van der Waals surface area contributed by atoms with Crippen molar-refractivity contribution < 1.29 is 28.4 Å². The Bertz CT molecular complexity index is 1150. The van der Waals surface area contributed by atoms with Gasteiger partial charge in [0.2, 0.25) is 0 Å². The summed E-state index contributed by atoms with van der Waals surface area (Å²) < 4.78 is 37.9. The number of benzene rings is 3. The Labute approximate surface area is 223 Å². The lowest BCUT2D eigenvalue weighted by Gasteiger charge is -2.43. The van der Waals surface area contributed by atoms with E-state index < -0.39 is 43.3 Å². The number of halogens is 3. The highest BCUT2D eigenvalue weighted by molar-refractivity contribution is 6.32. The first-order valence-electron chi connectivity index (χ1n) is 11.7. The van der Waals surface area contributed by atoms with Crippen LogP contribution >= 0.6 is 34.8 Å². The molecule has 3 saturated heterocycles. The second-order valence-corrected chi connectivity index (χ2v) is 10.00. The van der Waals surface area contributed by atoms with Gasteiger partial charge < -0.3 is 28.4 Å². The summed E-state index contributed by atoms with van der Waals surface area (Å²) in [6.07, 6.45) is -4.19. The van der Waals surface area contributed by atoms with Gasteiger partial charge in [-0.3, -0.25) is 0 Å². The summed E-state index contributed by atoms with van der Waals surface area (Å²) in [5.41, 5.74) is 2.17. The van der Waals surface area contributed by atoms with Gasteiger partial charge in [-0.1, -0.05) is 89.4 Å². The number of fused-ring (bicyclic) bond motifs is 3. The second-order valence-electron chi connectivity index (χ2n) is 8.78. The summed E-state index contributed by atoms with van der Waals surface area (Å²) in [6.45, 7) is 0.490. The van der Waals surface area contributed by atoms with Crippen molar-refractivity contribution in [2.24, 2.45) is 0 Å². The monoisotopic (exact) mass is 548 g/mol.